The van der Waals surface area contributed by atoms with Crippen molar-refractivity contribution in [3.05, 3.63) is 72.9 Å². The average Bonchev–Trinajstić information content (AvgIpc) is 3.06. The van der Waals surface area contributed by atoms with Crippen molar-refractivity contribution >= 4 is 6.03 Å². The Balaban J connectivity index is 1.74. The van der Waals surface area contributed by atoms with E-state index in [0.717, 1.165) is 16.8 Å². The maximum absolute atomic E-state index is 12.4. The second-order valence-electron chi connectivity index (χ2n) is 5.03. The number of amides is 1. The maximum atomic E-state index is 12.4. The van der Waals surface area contributed by atoms with Crippen LogP contribution in [0.3, 0.4) is 0 Å². The van der Waals surface area contributed by atoms with Gasteiger partial charge in [0.05, 0.1) is 5.69 Å². The highest BCUT2D eigenvalue weighted by Crippen LogP contribution is 2.15. The number of carbonyl (C=O) groups excluding carboxylic acids is 1. The molecule has 0 saturated heterocycles. The van der Waals surface area contributed by atoms with Crippen molar-refractivity contribution in [2.75, 3.05) is 7.05 Å². The van der Waals surface area contributed by atoms with Gasteiger partial charge in [-0.05, 0) is 17.7 Å². The van der Waals surface area contributed by atoms with Crippen molar-refractivity contribution in [1.29, 1.82) is 0 Å². The van der Waals surface area contributed by atoms with Crippen LogP contribution in [-0.2, 0) is 6.54 Å². The Morgan fingerprint density at radius 3 is 2.73 bits per heavy atom. The first-order valence-electron chi connectivity index (χ1n) is 6.98. The topological polar surface area (TPSA) is 51.0 Å². The fourth-order valence-corrected chi connectivity index (χ4v) is 2.21. The lowest BCUT2D eigenvalue weighted by molar-refractivity contribution is 0.208. The van der Waals surface area contributed by atoms with Gasteiger partial charge < -0.3 is 4.90 Å². The summed E-state index contributed by atoms with van der Waals surface area (Å²) in [6, 6.07) is 13.5. The molecule has 3 rings (SSSR count). The largest absolute Gasteiger partial charge is 0.329 e. The monoisotopic (exact) mass is 292 g/mol. The molecule has 1 amide bonds. The van der Waals surface area contributed by atoms with Crippen LogP contribution in [0.2, 0.25) is 0 Å². The molecule has 0 radical (unpaired) electrons. The van der Waals surface area contributed by atoms with Gasteiger partial charge in [-0.15, -0.1) is 0 Å². The quantitative estimate of drug-likeness (QED) is 0.745. The molecule has 0 unspecified atom stereocenters. The van der Waals surface area contributed by atoms with Crippen molar-refractivity contribution in [3.63, 3.8) is 0 Å². The van der Waals surface area contributed by atoms with Crippen LogP contribution in [0.1, 0.15) is 5.56 Å². The molecule has 3 aromatic rings. The molecule has 5 nitrogen and oxygen atoms in total. The number of hydrogen-bond donors (Lipinski definition) is 0. The Labute approximate surface area is 128 Å². The molecule has 0 fully saturated rings. The molecule has 0 spiro atoms. The second kappa shape index (κ2) is 6.22. The number of nitrogens with zero attached hydrogens (tertiary/aromatic N) is 4. The number of benzene rings is 1. The van der Waals surface area contributed by atoms with E-state index in [2.05, 4.69) is 9.97 Å². The van der Waals surface area contributed by atoms with Crippen LogP contribution in [0.5, 0.6) is 0 Å². The first kappa shape index (κ1) is 14.0. The standard InChI is InChI=1S/C17H16N4O/c1-20(11-14-6-3-2-4-7-14)17(22)21-12-16(19-13-21)15-8-5-9-18-10-15/h2-10,12-13H,11H2,1H3. The third-order valence-electron chi connectivity index (χ3n) is 3.35. The van der Waals surface area contributed by atoms with E-state index in [1.165, 1.54) is 10.9 Å². The molecule has 22 heavy (non-hydrogen) atoms. The zero-order valence-electron chi connectivity index (χ0n) is 12.3. The van der Waals surface area contributed by atoms with Crippen LogP contribution < -0.4 is 0 Å². The van der Waals surface area contributed by atoms with Crippen molar-refractivity contribution in [3.8, 4) is 11.3 Å². The van der Waals surface area contributed by atoms with E-state index in [0.29, 0.717) is 6.54 Å². The maximum Gasteiger partial charge on any atom is 0.329 e. The van der Waals surface area contributed by atoms with Gasteiger partial charge in [-0.3, -0.25) is 9.55 Å². The summed E-state index contributed by atoms with van der Waals surface area (Å²) in [6.45, 7) is 0.556. The summed E-state index contributed by atoms with van der Waals surface area (Å²) in [6.07, 6.45) is 6.69. The summed E-state index contributed by atoms with van der Waals surface area (Å²) in [5, 5.41) is 0. The normalized spacial score (nSPS) is 10.4. The molecule has 1 aromatic carbocycles. The summed E-state index contributed by atoms with van der Waals surface area (Å²) in [4.78, 5) is 22.4. The van der Waals surface area contributed by atoms with Crippen LogP contribution in [-0.4, -0.2) is 32.5 Å². The SMILES string of the molecule is CN(Cc1ccccc1)C(=O)n1cnc(-c2cccnc2)c1. The average molecular weight is 292 g/mol. The predicted molar refractivity (Wildman–Crippen MR) is 84.2 cm³/mol. The second-order valence-corrected chi connectivity index (χ2v) is 5.03. The Bertz CT molecular complexity index is 753. The van der Waals surface area contributed by atoms with Gasteiger partial charge in [-0.25, -0.2) is 9.78 Å². The molecular formula is C17H16N4O. The van der Waals surface area contributed by atoms with Crippen LogP contribution in [0, 0.1) is 0 Å². The van der Waals surface area contributed by atoms with E-state index in [1.54, 1.807) is 30.5 Å². The van der Waals surface area contributed by atoms with E-state index in [9.17, 15) is 4.79 Å². The minimum absolute atomic E-state index is 0.119. The van der Waals surface area contributed by atoms with Gasteiger partial charge >= 0.3 is 6.03 Å². The molecule has 0 atom stereocenters. The Kier molecular flexibility index (Phi) is 3.96. The summed E-state index contributed by atoms with van der Waals surface area (Å²) in [5.74, 6) is 0. The van der Waals surface area contributed by atoms with Gasteiger partial charge in [0.1, 0.15) is 6.33 Å². The lowest BCUT2D eigenvalue weighted by Crippen LogP contribution is -2.29. The first-order chi connectivity index (χ1) is 10.7. The highest BCUT2D eigenvalue weighted by Gasteiger charge is 2.13. The fraction of sp³-hybridized carbons (Fsp3) is 0.118. The summed E-state index contributed by atoms with van der Waals surface area (Å²) in [7, 11) is 1.78. The fourth-order valence-electron chi connectivity index (χ4n) is 2.21. The molecule has 2 aromatic heterocycles. The zero-order chi connectivity index (χ0) is 15.4. The summed E-state index contributed by atoms with van der Waals surface area (Å²) < 4.78 is 1.49. The molecule has 5 heteroatoms. The Morgan fingerprint density at radius 1 is 1.18 bits per heavy atom. The number of rotatable bonds is 3. The molecule has 0 aliphatic heterocycles. The van der Waals surface area contributed by atoms with Gasteiger partial charge in [0.2, 0.25) is 0 Å². The Morgan fingerprint density at radius 2 is 2.00 bits per heavy atom. The predicted octanol–water partition coefficient (Wildman–Crippen LogP) is 3.05. The van der Waals surface area contributed by atoms with Crippen LogP contribution in [0.25, 0.3) is 11.3 Å². The Hall–Kier alpha value is -2.95. The molecule has 0 aliphatic carbocycles. The third-order valence-corrected chi connectivity index (χ3v) is 3.35. The molecule has 0 aliphatic rings. The van der Waals surface area contributed by atoms with E-state index < -0.39 is 0 Å². The number of pyridine rings is 1. The van der Waals surface area contributed by atoms with E-state index >= 15 is 0 Å². The molecular weight excluding hydrogens is 276 g/mol. The minimum Gasteiger partial charge on any atom is -0.323 e. The molecule has 0 saturated carbocycles. The number of carbonyl (C=O) groups is 1. The van der Waals surface area contributed by atoms with Crippen LogP contribution in [0.4, 0.5) is 4.79 Å². The third kappa shape index (κ3) is 3.03. The van der Waals surface area contributed by atoms with Crippen LogP contribution in [0.15, 0.2) is 67.4 Å². The van der Waals surface area contributed by atoms with Gasteiger partial charge in [-0.1, -0.05) is 30.3 Å². The molecule has 110 valence electrons. The van der Waals surface area contributed by atoms with Crippen LogP contribution >= 0.6 is 0 Å². The smallest absolute Gasteiger partial charge is 0.323 e. The minimum atomic E-state index is -0.119. The highest BCUT2D eigenvalue weighted by atomic mass is 16.2. The van der Waals surface area contributed by atoms with Gasteiger partial charge in [0.15, 0.2) is 0 Å². The van der Waals surface area contributed by atoms with Crippen molar-refractivity contribution in [2.45, 2.75) is 6.54 Å². The van der Waals surface area contributed by atoms with Gasteiger partial charge in [-0.2, -0.15) is 0 Å². The number of hydrogen-bond acceptors (Lipinski definition) is 3. The van der Waals surface area contributed by atoms with Gasteiger partial charge in [0.25, 0.3) is 0 Å². The number of imidazole rings is 1. The molecule has 2 heterocycles. The van der Waals surface area contributed by atoms with Gasteiger partial charge in [0, 0.05) is 37.7 Å². The summed E-state index contributed by atoms with van der Waals surface area (Å²) >= 11 is 0. The van der Waals surface area contributed by atoms with Crippen molar-refractivity contribution < 1.29 is 4.79 Å². The zero-order valence-corrected chi connectivity index (χ0v) is 12.3. The molecule has 0 N–H and O–H groups in total. The van der Waals surface area contributed by atoms with E-state index in [4.69, 9.17) is 0 Å². The highest BCUT2D eigenvalue weighted by molar-refractivity contribution is 5.77. The van der Waals surface area contributed by atoms with E-state index in [1.807, 2.05) is 42.5 Å². The lowest BCUT2D eigenvalue weighted by atomic mass is 10.2. The first-order valence-corrected chi connectivity index (χ1v) is 6.98. The van der Waals surface area contributed by atoms with E-state index in [-0.39, 0.29) is 6.03 Å². The summed E-state index contributed by atoms with van der Waals surface area (Å²) in [5.41, 5.74) is 2.71. The molecule has 0 bridgehead atoms. The number of aromatic nitrogens is 3. The van der Waals surface area contributed by atoms with Crippen molar-refractivity contribution in [1.82, 2.24) is 19.4 Å². The van der Waals surface area contributed by atoms with Crippen molar-refractivity contribution in [2.24, 2.45) is 0 Å². The lowest BCUT2D eigenvalue weighted by Gasteiger charge is -2.17.